The van der Waals surface area contributed by atoms with Crippen molar-refractivity contribution in [2.75, 3.05) is 0 Å². The molecule has 1 aromatic carbocycles. The Morgan fingerprint density at radius 1 is 1.53 bits per heavy atom. The standard InChI is InChI=1S/C11H15N3O3/c1-6-8(4-3-5-9(6)15)11(16)13-7(2)10(12)14-17/h3-5,7,15,17H,1-2H3,(H2,12,14)(H,13,16). The summed E-state index contributed by atoms with van der Waals surface area (Å²) in [6, 6.07) is 4.07. The quantitative estimate of drug-likeness (QED) is 0.266. The van der Waals surface area contributed by atoms with Gasteiger partial charge >= 0.3 is 0 Å². The first-order valence-corrected chi connectivity index (χ1v) is 5.04. The Kier molecular flexibility index (Phi) is 3.92. The lowest BCUT2D eigenvalue weighted by molar-refractivity contribution is 0.0947. The molecule has 0 aliphatic carbocycles. The van der Waals surface area contributed by atoms with Crippen LogP contribution in [-0.4, -0.2) is 28.1 Å². The highest BCUT2D eigenvalue weighted by molar-refractivity contribution is 5.99. The second-order valence-corrected chi connectivity index (χ2v) is 3.67. The van der Waals surface area contributed by atoms with Crippen LogP contribution < -0.4 is 11.1 Å². The molecule has 17 heavy (non-hydrogen) atoms. The summed E-state index contributed by atoms with van der Waals surface area (Å²) in [5.74, 6) is -0.428. The number of aromatic hydroxyl groups is 1. The molecule has 1 rings (SSSR count). The number of carbonyl (C=O) groups is 1. The fourth-order valence-electron chi connectivity index (χ4n) is 1.30. The van der Waals surface area contributed by atoms with Crippen LogP contribution in [-0.2, 0) is 0 Å². The predicted molar refractivity (Wildman–Crippen MR) is 63.2 cm³/mol. The summed E-state index contributed by atoms with van der Waals surface area (Å²) in [6.07, 6.45) is 0. The second-order valence-electron chi connectivity index (χ2n) is 3.67. The van der Waals surface area contributed by atoms with Crippen LogP contribution in [0.5, 0.6) is 5.75 Å². The molecule has 0 spiro atoms. The summed E-state index contributed by atoms with van der Waals surface area (Å²) >= 11 is 0. The van der Waals surface area contributed by atoms with Crippen molar-refractivity contribution >= 4 is 11.7 Å². The topological polar surface area (TPSA) is 108 Å². The molecule has 0 bridgehead atoms. The van der Waals surface area contributed by atoms with Gasteiger partial charge in [0.25, 0.3) is 5.91 Å². The number of hydrogen-bond donors (Lipinski definition) is 4. The number of nitrogens with zero attached hydrogens (tertiary/aromatic N) is 1. The van der Waals surface area contributed by atoms with Gasteiger partial charge in [0, 0.05) is 11.1 Å². The molecule has 1 unspecified atom stereocenters. The fourth-order valence-corrected chi connectivity index (χ4v) is 1.30. The van der Waals surface area contributed by atoms with E-state index in [1.807, 2.05) is 0 Å². The zero-order valence-corrected chi connectivity index (χ0v) is 9.64. The molecule has 0 radical (unpaired) electrons. The Labute approximate surface area is 98.7 Å². The zero-order chi connectivity index (χ0) is 13.0. The average molecular weight is 237 g/mol. The van der Waals surface area contributed by atoms with Crippen LogP contribution >= 0.6 is 0 Å². The number of nitrogens with one attached hydrogen (secondary N) is 1. The molecule has 92 valence electrons. The van der Waals surface area contributed by atoms with Gasteiger partial charge in [-0.25, -0.2) is 0 Å². The molecule has 0 saturated heterocycles. The lowest BCUT2D eigenvalue weighted by Crippen LogP contribution is -2.42. The summed E-state index contributed by atoms with van der Waals surface area (Å²) in [5, 5.41) is 23.3. The van der Waals surface area contributed by atoms with Gasteiger partial charge in [0.2, 0.25) is 0 Å². The van der Waals surface area contributed by atoms with E-state index in [-0.39, 0.29) is 11.6 Å². The number of benzene rings is 1. The van der Waals surface area contributed by atoms with E-state index in [0.717, 1.165) is 0 Å². The number of oxime groups is 1. The van der Waals surface area contributed by atoms with E-state index in [1.165, 1.54) is 6.07 Å². The van der Waals surface area contributed by atoms with E-state index in [4.69, 9.17) is 10.9 Å². The molecule has 1 atom stereocenters. The molecular formula is C11H15N3O3. The lowest BCUT2D eigenvalue weighted by Gasteiger charge is -2.13. The SMILES string of the molecule is Cc1c(O)cccc1C(=O)NC(C)/C(N)=N/O. The molecule has 1 amide bonds. The van der Waals surface area contributed by atoms with Crippen molar-refractivity contribution in [2.24, 2.45) is 10.9 Å². The summed E-state index contributed by atoms with van der Waals surface area (Å²) in [4.78, 5) is 11.8. The lowest BCUT2D eigenvalue weighted by atomic mass is 10.1. The normalized spacial score (nSPS) is 13.2. The van der Waals surface area contributed by atoms with Crippen LogP contribution in [0.1, 0.15) is 22.8 Å². The first-order valence-electron chi connectivity index (χ1n) is 5.04. The third kappa shape index (κ3) is 2.87. The third-order valence-electron chi connectivity index (χ3n) is 2.46. The first kappa shape index (κ1) is 12.8. The molecule has 1 aromatic rings. The van der Waals surface area contributed by atoms with Crippen LogP contribution in [0.25, 0.3) is 0 Å². The highest BCUT2D eigenvalue weighted by Crippen LogP contribution is 2.19. The molecule has 6 nitrogen and oxygen atoms in total. The number of amides is 1. The van der Waals surface area contributed by atoms with Gasteiger partial charge in [-0.05, 0) is 26.0 Å². The average Bonchev–Trinajstić information content (AvgIpc) is 2.31. The Hall–Kier alpha value is -2.24. The van der Waals surface area contributed by atoms with E-state index < -0.39 is 11.9 Å². The zero-order valence-electron chi connectivity index (χ0n) is 9.64. The van der Waals surface area contributed by atoms with Gasteiger partial charge in [-0.3, -0.25) is 4.79 Å². The molecule has 0 aromatic heterocycles. The number of hydrogen-bond acceptors (Lipinski definition) is 4. The van der Waals surface area contributed by atoms with Crippen molar-refractivity contribution in [2.45, 2.75) is 19.9 Å². The number of phenols is 1. The molecule has 0 heterocycles. The van der Waals surface area contributed by atoms with Gasteiger partial charge in [-0.1, -0.05) is 11.2 Å². The molecular weight excluding hydrogens is 222 g/mol. The molecule has 0 aliphatic rings. The number of rotatable bonds is 3. The molecule has 0 saturated carbocycles. The Morgan fingerprint density at radius 3 is 2.76 bits per heavy atom. The maximum absolute atomic E-state index is 11.8. The fraction of sp³-hybridized carbons (Fsp3) is 0.273. The predicted octanol–water partition coefficient (Wildman–Crippen LogP) is 0.565. The summed E-state index contributed by atoms with van der Waals surface area (Å²) in [6.45, 7) is 3.23. The maximum Gasteiger partial charge on any atom is 0.252 e. The van der Waals surface area contributed by atoms with Crippen LogP contribution in [0.3, 0.4) is 0 Å². The smallest absolute Gasteiger partial charge is 0.252 e. The van der Waals surface area contributed by atoms with Gasteiger partial charge in [-0.15, -0.1) is 0 Å². The van der Waals surface area contributed by atoms with Crippen molar-refractivity contribution in [3.8, 4) is 5.75 Å². The van der Waals surface area contributed by atoms with Gasteiger partial charge in [0.1, 0.15) is 5.75 Å². The number of carbonyl (C=O) groups excluding carboxylic acids is 1. The van der Waals surface area contributed by atoms with Gasteiger partial charge in [0.05, 0.1) is 6.04 Å². The van der Waals surface area contributed by atoms with E-state index in [2.05, 4.69) is 10.5 Å². The summed E-state index contributed by atoms with van der Waals surface area (Å²) in [5.41, 5.74) is 6.18. The van der Waals surface area contributed by atoms with Crippen LogP contribution in [0.2, 0.25) is 0 Å². The minimum Gasteiger partial charge on any atom is -0.508 e. The number of phenolic OH excluding ortho intramolecular Hbond substituents is 1. The largest absolute Gasteiger partial charge is 0.508 e. The summed E-state index contributed by atoms with van der Waals surface area (Å²) in [7, 11) is 0. The minimum atomic E-state index is -0.589. The molecule has 0 fully saturated rings. The highest BCUT2D eigenvalue weighted by atomic mass is 16.4. The Balaban J connectivity index is 2.88. The van der Waals surface area contributed by atoms with Crippen LogP contribution in [0.4, 0.5) is 0 Å². The van der Waals surface area contributed by atoms with Crippen molar-refractivity contribution in [3.63, 3.8) is 0 Å². The van der Waals surface area contributed by atoms with Gasteiger partial charge < -0.3 is 21.4 Å². The maximum atomic E-state index is 11.8. The Bertz CT molecular complexity index is 457. The van der Waals surface area contributed by atoms with Crippen molar-refractivity contribution in [3.05, 3.63) is 29.3 Å². The van der Waals surface area contributed by atoms with Crippen LogP contribution in [0, 0.1) is 6.92 Å². The Morgan fingerprint density at radius 2 is 2.18 bits per heavy atom. The minimum absolute atomic E-state index is 0.0501. The van der Waals surface area contributed by atoms with E-state index in [1.54, 1.807) is 26.0 Å². The van der Waals surface area contributed by atoms with Crippen LogP contribution in [0.15, 0.2) is 23.4 Å². The summed E-state index contributed by atoms with van der Waals surface area (Å²) < 4.78 is 0. The van der Waals surface area contributed by atoms with E-state index in [9.17, 15) is 9.90 Å². The molecule has 5 N–H and O–H groups in total. The van der Waals surface area contributed by atoms with Crippen molar-refractivity contribution < 1.29 is 15.1 Å². The highest BCUT2D eigenvalue weighted by Gasteiger charge is 2.15. The first-order chi connectivity index (χ1) is 7.97. The molecule has 6 heteroatoms. The van der Waals surface area contributed by atoms with E-state index >= 15 is 0 Å². The number of amidine groups is 1. The molecule has 0 aliphatic heterocycles. The second kappa shape index (κ2) is 5.20. The number of nitrogens with two attached hydrogens (primary N) is 1. The van der Waals surface area contributed by atoms with E-state index in [0.29, 0.717) is 11.1 Å². The van der Waals surface area contributed by atoms with Gasteiger partial charge in [-0.2, -0.15) is 0 Å². The van der Waals surface area contributed by atoms with Crippen molar-refractivity contribution in [1.82, 2.24) is 5.32 Å². The van der Waals surface area contributed by atoms with Crippen molar-refractivity contribution in [1.29, 1.82) is 0 Å². The monoisotopic (exact) mass is 237 g/mol. The van der Waals surface area contributed by atoms with Gasteiger partial charge in [0.15, 0.2) is 5.84 Å². The third-order valence-corrected chi connectivity index (χ3v) is 2.46.